The molecule has 5 heteroatoms. The number of hydrogen-bond donors (Lipinski definition) is 1. The number of ether oxygens (including phenoxy) is 1. The Morgan fingerprint density at radius 2 is 1.85 bits per heavy atom. The van der Waals surface area contributed by atoms with Crippen LogP contribution in [0.2, 0.25) is 0 Å². The van der Waals surface area contributed by atoms with Crippen molar-refractivity contribution in [2.24, 2.45) is 0 Å². The van der Waals surface area contributed by atoms with Crippen LogP contribution in [0.3, 0.4) is 0 Å². The average Bonchev–Trinajstić information content (AvgIpc) is 2.59. The van der Waals surface area contributed by atoms with E-state index < -0.39 is 5.54 Å². The van der Waals surface area contributed by atoms with Gasteiger partial charge in [0.1, 0.15) is 11.3 Å². The molecule has 5 nitrogen and oxygen atoms in total. The molecule has 142 valence electrons. The lowest BCUT2D eigenvalue weighted by Crippen LogP contribution is -2.66. The number of amides is 2. The van der Waals surface area contributed by atoms with Crippen molar-refractivity contribution < 1.29 is 14.3 Å². The maximum absolute atomic E-state index is 12.8. The van der Waals surface area contributed by atoms with Crippen LogP contribution in [0.25, 0.3) is 0 Å². The number of methoxy groups -OCH3 is 1. The van der Waals surface area contributed by atoms with Crippen LogP contribution in [0.1, 0.15) is 30.0 Å². The molecule has 1 unspecified atom stereocenters. The molecule has 1 atom stereocenters. The Labute approximate surface area is 160 Å². The summed E-state index contributed by atoms with van der Waals surface area (Å²) in [5.41, 5.74) is 3.10. The molecule has 2 aromatic rings. The number of likely N-dealkylation sites (tertiary alicyclic amines) is 1. The highest BCUT2D eigenvalue weighted by Gasteiger charge is 2.49. The summed E-state index contributed by atoms with van der Waals surface area (Å²) in [6.07, 6.45) is 0.964. The van der Waals surface area contributed by atoms with Crippen molar-refractivity contribution in [1.82, 2.24) is 4.90 Å². The molecule has 27 heavy (non-hydrogen) atoms. The smallest absolute Gasteiger partial charge is 0.250 e. The van der Waals surface area contributed by atoms with Gasteiger partial charge in [0, 0.05) is 18.3 Å². The van der Waals surface area contributed by atoms with Crippen LogP contribution in [-0.4, -0.2) is 35.9 Å². The SMILES string of the molecule is COc1cccc(NC(=O)C2(C)CCN2C(=O)Cc2cc(C)cc(C)c2)c1. The molecule has 1 aliphatic rings. The highest BCUT2D eigenvalue weighted by Crippen LogP contribution is 2.33. The predicted molar refractivity (Wildman–Crippen MR) is 106 cm³/mol. The van der Waals surface area contributed by atoms with Crippen molar-refractivity contribution >= 4 is 17.5 Å². The van der Waals surface area contributed by atoms with Crippen molar-refractivity contribution in [3.8, 4) is 5.75 Å². The fraction of sp³-hybridized carbons (Fsp3) is 0.364. The Balaban J connectivity index is 1.70. The van der Waals surface area contributed by atoms with Crippen LogP contribution in [0.5, 0.6) is 5.75 Å². The van der Waals surface area contributed by atoms with Crippen molar-refractivity contribution in [3.63, 3.8) is 0 Å². The van der Waals surface area contributed by atoms with Gasteiger partial charge in [-0.1, -0.05) is 35.4 Å². The van der Waals surface area contributed by atoms with Gasteiger partial charge in [-0.3, -0.25) is 9.59 Å². The summed E-state index contributed by atoms with van der Waals surface area (Å²) in [6, 6.07) is 13.4. The third-order valence-electron chi connectivity index (χ3n) is 5.17. The number of anilines is 1. The van der Waals surface area contributed by atoms with Gasteiger partial charge in [0.15, 0.2) is 0 Å². The molecule has 1 fully saturated rings. The van der Waals surface area contributed by atoms with Gasteiger partial charge in [0.05, 0.1) is 13.5 Å². The van der Waals surface area contributed by atoms with E-state index in [0.717, 1.165) is 16.7 Å². The van der Waals surface area contributed by atoms with Crippen molar-refractivity contribution in [2.45, 2.75) is 39.2 Å². The fourth-order valence-corrected chi connectivity index (χ4v) is 3.60. The second kappa shape index (κ2) is 7.43. The molecular weight excluding hydrogens is 340 g/mol. The van der Waals surface area contributed by atoms with Gasteiger partial charge in [0.2, 0.25) is 11.8 Å². The number of carbonyl (C=O) groups excluding carboxylic acids is 2. The molecule has 3 rings (SSSR count). The number of hydrogen-bond acceptors (Lipinski definition) is 3. The largest absolute Gasteiger partial charge is 0.497 e. The minimum atomic E-state index is -0.820. The van der Waals surface area contributed by atoms with Gasteiger partial charge in [-0.15, -0.1) is 0 Å². The normalized spacial score (nSPS) is 18.6. The van der Waals surface area contributed by atoms with Crippen molar-refractivity contribution in [2.75, 3.05) is 19.0 Å². The molecule has 0 saturated carbocycles. The van der Waals surface area contributed by atoms with Gasteiger partial charge in [-0.2, -0.15) is 0 Å². The van der Waals surface area contributed by atoms with E-state index in [1.165, 1.54) is 0 Å². The number of carbonyl (C=O) groups is 2. The van der Waals surface area contributed by atoms with Gasteiger partial charge in [-0.05, 0) is 44.9 Å². The standard InChI is InChI=1S/C22H26N2O3/c1-15-10-16(2)12-17(11-15)13-20(25)24-9-8-22(24,3)21(26)23-18-6-5-7-19(14-18)27-4/h5-7,10-12,14H,8-9,13H2,1-4H3,(H,23,26). The zero-order valence-electron chi connectivity index (χ0n) is 16.3. The van der Waals surface area contributed by atoms with Gasteiger partial charge in [-0.25, -0.2) is 0 Å². The summed E-state index contributed by atoms with van der Waals surface area (Å²) in [6.45, 7) is 6.48. The number of nitrogens with one attached hydrogen (secondary N) is 1. The van der Waals surface area contributed by atoms with E-state index in [4.69, 9.17) is 4.74 Å². The molecule has 1 N–H and O–H groups in total. The van der Waals surface area contributed by atoms with Crippen LogP contribution in [-0.2, 0) is 16.0 Å². The van der Waals surface area contributed by atoms with E-state index in [1.807, 2.05) is 51.1 Å². The summed E-state index contributed by atoms with van der Waals surface area (Å²) < 4.78 is 5.19. The van der Waals surface area contributed by atoms with Crippen LogP contribution in [0.15, 0.2) is 42.5 Å². The fourth-order valence-electron chi connectivity index (χ4n) is 3.60. The van der Waals surface area contributed by atoms with Gasteiger partial charge in [0.25, 0.3) is 0 Å². The van der Waals surface area contributed by atoms with E-state index in [-0.39, 0.29) is 11.8 Å². The molecule has 1 saturated heterocycles. The summed E-state index contributed by atoms with van der Waals surface area (Å²) in [5.74, 6) is 0.486. The maximum Gasteiger partial charge on any atom is 0.250 e. The molecule has 0 aliphatic carbocycles. The molecule has 0 bridgehead atoms. The Hall–Kier alpha value is -2.82. The minimum Gasteiger partial charge on any atom is -0.497 e. The number of rotatable bonds is 5. The first-order valence-electron chi connectivity index (χ1n) is 9.15. The van der Waals surface area contributed by atoms with Crippen LogP contribution >= 0.6 is 0 Å². The molecule has 2 aromatic carbocycles. The molecule has 0 aromatic heterocycles. The van der Waals surface area contributed by atoms with Gasteiger partial charge >= 0.3 is 0 Å². The van der Waals surface area contributed by atoms with E-state index >= 15 is 0 Å². The first kappa shape index (κ1) is 19.0. The number of aryl methyl sites for hydroxylation is 2. The molecule has 1 heterocycles. The van der Waals surface area contributed by atoms with Crippen LogP contribution in [0.4, 0.5) is 5.69 Å². The average molecular weight is 366 g/mol. The predicted octanol–water partition coefficient (Wildman–Crippen LogP) is 3.48. The monoisotopic (exact) mass is 366 g/mol. The highest BCUT2D eigenvalue weighted by atomic mass is 16.5. The first-order chi connectivity index (χ1) is 12.8. The Kier molecular flexibility index (Phi) is 5.22. The summed E-state index contributed by atoms with van der Waals surface area (Å²) in [7, 11) is 1.58. The van der Waals surface area contributed by atoms with Crippen LogP contribution < -0.4 is 10.1 Å². The second-order valence-electron chi connectivity index (χ2n) is 7.43. The summed E-state index contributed by atoms with van der Waals surface area (Å²) in [5, 5.41) is 2.91. The number of nitrogens with zero attached hydrogens (tertiary/aromatic N) is 1. The molecule has 1 aliphatic heterocycles. The lowest BCUT2D eigenvalue weighted by Gasteiger charge is -2.49. The summed E-state index contributed by atoms with van der Waals surface area (Å²) >= 11 is 0. The number of benzene rings is 2. The van der Waals surface area contributed by atoms with E-state index in [0.29, 0.717) is 30.8 Å². The first-order valence-corrected chi connectivity index (χ1v) is 9.15. The molecule has 0 radical (unpaired) electrons. The third-order valence-corrected chi connectivity index (χ3v) is 5.17. The van der Waals surface area contributed by atoms with E-state index in [2.05, 4.69) is 11.4 Å². The van der Waals surface area contributed by atoms with Gasteiger partial charge < -0.3 is 15.0 Å². The lowest BCUT2D eigenvalue weighted by molar-refractivity contribution is -0.154. The third kappa shape index (κ3) is 3.97. The molecule has 2 amide bonds. The Bertz CT molecular complexity index is 857. The van der Waals surface area contributed by atoms with E-state index in [1.54, 1.807) is 18.1 Å². The van der Waals surface area contributed by atoms with Crippen molar-refractivity contribution in [3.05, 3.63) is 59.2 Å². The van der Waals surface area contributed by atoms with Crippen LogP contribution in [0, 0.1) is 13.8 Å². The Morgan fingerprint density at radius 3 is 2.44 bits per heavy atom. The van der Waals surface area contributed by atoms with Crippen molar-refractivity contribution in [1.29, 1.82) is 0 Å². The maximum atomic E-state index is 12.8. The molecule has 0 spiro atoms. The zero-order valence-corrected chi connectivity index (χ0v) is 16.3. The summed E-state index contributed by atoms with van der Waals surface area (Å²) in [4.78, 5) is 27.3. The lowest BCUT2D eigenvalue weighted by atomic mass is 9.84. The Morgan fingerprint density at radius 1 is 1.15 bits per heavy atom. The second-order valence-corrected chi connectivity index (χ2v) is 7.43. The highest BCUT2D eigenvalue weighted by molar-refractivity contribution is 6.01. The topological polar surface area (TPSA) is 58.6 Å². The molecular formula is C22H26N2O3. The van der Waals surface area contributed by atoms with E-state index in [9.17, 15) is 9.59 Å². The zero-order chi connectivity index (χ0) is 19.6. The quantitative estimate of drug-likeness (QED) is 0.881. The minimum absolute atomic E-state index is 0.0189.